The van der Waals surface area contributed by atoms with E-state index < -0.39 is 29.0 Å². The van der Waals surface area contributed by atoms with Crippen LogP contribution in [0.25, 0.3) is 5.57 Å². The number of aromatic nitrogens is 1. The number of benzene rings is 1. The summed E-state index contributed by atoms with van der Waals surface area (Å²) in [5, 5.41) is 22.0. The molecule has 6 nitrogen and oxygen atoms in total. The maximum absolute atomic E-state index is 13.7. The van der Waals surface area contributed by atoms with Crippen molar-refractivity contribution < 1.29 is 32.5 Å². The molecule has 0 saturated carbocycles. The van der Waals surface area contributed by atoms with Gasteiger partial charge in [0.05, 0.1) is 47.8 Å². The Hall–Kier alpha value is -2.77. The van der Waals surface area contributed by atoms with Crippen molar-refractivity contribution in [3.8, 4) is 6.07 Å². The van der Waals surface area contributed by atoms with E-state index in [0.29, 0.717) is 51.3 Å². The van der Waals surface area contributed by atoms with E-state index in [1.54, 1.807) is 6.07 Å². The zero-order valence-electron chi connectivity index (χ0n) is 28.1. The molecule has 250 valence electrons. The van der Waals surface area contributed by atoms with Crippen LogP contribution in [0.4, 0.5) is 13.2 Å². The summed E-state index contributed by atoms with van der Waals surface area (Å²) in [4.78, 5) is 5.38. The third-order valence-electron chi connectivity index (χ3n) is 10.3. The number of fused-ring (bicyclic) bond motifs is 1. The Kier molecular flexibility index (Phi) is 9.53. The molecule has 0 amide bonds. The quantitative estimate of drug-likeness (QED) is 0.340. The van der Waals surface area contributed by atoms with E-state index in [4.69, 9.17) is 19.2 Å². The Bertz CT molecular complexity index is 1520. The number of pyridine rings is 1. The summed E-state index contributed by atoms with van der Waals surface area (Å²) < 4.78 is 59.7. The predicted octanol–water partition coefficient (Wildman–Crippen LogP) is 8.61. The zero-order chi connectivity index (χ0) is 33.7. The van der Waals surface area contributed by atoms with Gasteiger partial charge in [-0.25, -0.2) is 0 Å². The molecule has 1 N–H and O–H groups in total. The minimum absolute atomic E-state index is 0.0109. The van der Waals surface area contributed by atoms with Gasteiger partial charge in [-0.05, 0) is 85.6 Å². The number of alkyl halides is 3. The second-order valence-electron chi connectivity index (χ2n) is 15.3. The van der Waals surface area contributed by atoms with Crippen molar-refractivity contribution in [1.82, 2.24) is 4.98 Å². The van der Waals surface area contributed by atoms with Gasteiger partial charge in [0.25, 0.3) is 0 Å². The molecule has 2 aromatic rings. The van der Waals surface area contributed by atoms with Gasteiger partial charge < -0.3 is 19.3 Å². The molecule has 5 rings (SSSR count). The third kappa shape index (κ3) is 6.92. The van der Waals surface area contributed by atoms with E-state index in [0.717, 1.165) is 47.0 Å². The zero-order valence-corrected chi connectivity index (χ0v) is 28.1. The third-order valence-corrected chi connectivity index (χ3v) is 10.3. The summed E-state index contributed by atoms with van der Waals surface area (Å²) in [5.74, 6) is -0.0109. The van der Waals surface area contributed by atoms with Crippen LogP contribution in [0.2, 0.25) is 0 Å². The molecule has 3 aliphatic rings. The molecule has 0 bridgehead atoms. The highest BCUT2D eigenvalue weighted by Gasteiger charge is 2.44. The molecule has 0 radical (unpaired) electrons. The summed E-state index contributed by atoms with van der Waals surface area (Å²) in [6, 6.07) is 5.04. The monoisotopic (exact) mass is 640 g/mol. The molecule has 1 aromatic heterocycles. The van der Waals surface area contributed by atoms with Crippen LogP contribution < -0.4 is 0 Å². The van der Waals surface area contributed by atoms with Gasteiger partial charge in [-0.15, -0.1) is 0 Å². The van der Waals surface area contributed by atoms with Crippen molar-refractivity contribution in [1.29, 1.82) is 5.26 Å². The maximum atomic E-state index is 13.7. The Morgan fingerprint density at radius 3 is 2.35 bits per heavy atom. The van der Waals surface area contributed by atoms with Gasteiger partial charge in [-0.1, -0.05) is 46.8 Å². The average molecular weight is 641 g/mol. The van der Waals surface area contributed by atoms with E-state index in [1.807, 2.05) is 6.08 Å². The van der Waals surface area contributed by atoms with Gasteiger partial charge in [-0.2, -0.15) is 18.4 Å². The second-order valence-corrected chi connectivity index (χ2v) is 15.3. The van der Waals surface area contributed by atoms with Crippen LogP contribution in [0.1, 0.15) is 137 Å². The lowest BCUT2D eigenvalue weighted by Gasteiger charge is -2.46. The van der Waals surface area contributed by atoms with Crippen LogP contribution in [0, 0.1) is 22.2 Å². The number of hydrogen-bond acceptors (Lipinski definition) is 6. The SMILES string of the molecule is CC1(C)Cc2nc(C3CCOCC3)c(C(O)c3ccc(C(F)(F)F)c(C#N)c3)c(C3=CCOCC3)c2C(OC(C)(C)C(C)(C)C)C1. The molecular formula is C37H47F3N2O4. The van der Waals surface area contributed by atoms with Crippen LogP contribution in [-0.2, 0) is 26.8 Å². The van der Waals surface area contributed by atoms with E-state index >= 15 is 0 Å². The summed E-state index contributed by atoms with van der Waals surface area (Å²) in [6.07, 6.45) is -0.811. The first-order valence-electron chi connectivity index (χ1n) is 16.3. The van der Waals surface area contributed by atoms with Crippen LogP contribution in [0.15, 0.2) is 24.3 Å². The average Bonchev–Trinajstić information content (AvgIpc) is 2.98. The van der Waals surface area contributed by atoms with Crippen molar-refractivity contribution in [2.75, 3.05) is 26.4 Å². The molecule has 2 unspecified atom stereocenters. The van der Waals surface area contributed by atoms with Crippen molar-refractivity contribution in [3.05, 3.63) is 69.0 Å². The molecule has 1 aliphatic carbocycles. The fraction of sp³-hybridized carbons (Fsp3) is 0.622. The standard InChI is InChI=1S/C37H47F3N2O4/c1-34(2,3)36(6,7)46-28-20-35(4,5)19-27-30(28)29(22-10-14-44-15-11-22)31(32(42-27)23-12-16-45-17-13-23)33(43)24-8-9-26(37(38,39)40)25(18-24)21-41/h8-10,18,23,28,33,43H,11-17,19-20H2,1-7H3. The molecule has 0 spiro atoms. The summed E-state index contributed by atoms with van der Waals surface area (Å²) in [5.41, 5.74) is 2.97. The number of ether oxygens (including phenoxy) is 3. The Morgan fingerprint density at radius 1 is 1.07 bits per heavy atom. The Morgan fingerprint density at radius 2 is 1.76 bits per heavy atom. The fourth-order valence-electron chi connectivity index (χ4n) is 6.82. The molecule has 1 saturated heterocycles. The molecule has 3 heterocycles. The van der Waals surface area contributed by atoms with Crippen molar-refractivity contribution >= 4 is 5.57 Å². The lowest BCUT2D eigenvalue weighted by Crippen LogP contribution is -2.43. The smallest absolute Gasteiger partial charge is 0.384 e. The lowest BCUT2D eigenvalue weighted by atomic mass is 9.70. The van der Waals surface area contributed by atoms with Gasteiger partial charge in [0.2, 0.25) is 0 Å². The molecule has 1 aromatic carbocycles. The number of aliphatic hydroxyl groups excluding tert-OH is 1. The first-order chi connectivity index (χ1) is 21.4. The minimum Gasteiger partial charge on any atom is -0.384 e. The first-order valence-corrected chi connectivity index (χ1v) is 16.3. The fourth-order valence-corrected chi connectivity index (χ4v) is 6.82. The van der Waals surface area contributed by atoms with Crippen LogP contribution in [-0.4, -0.2) is 42.1 Å². The highest BCUT2D eigenvalue weighted by Crippen LogP contribution is 2.52. The van der Waals surface area contributed by atoms with Crippen molar-refractivity contribution in [3.63, 3.8) is 0 Å². The first kappa shape index (κ1) is 34.6. The van der Waals surface area contributed by atoms with Crippen LogP contribution in [0.5, 0.6) is 0 Å². The van der Waals surface area contributed by atoms with E-state index in [1.165, 1.54) is 12.1 Å². The normalized spacial score (nSPS) is 21.7. The number of nitriles is 1. The van der Waals surface area contributed by atoms with Crippen LogP contribution >= 0.6 is 0 Å². The van der Waals surface area contributed by atoms with Gasteiger partial charge in [0.15, 0.2) is 0 Å². The number of aliphatic hydroxyl groups is 1. The minimum atomic E-state index is -4.69. The second kappa shape index (κ2) is 12.7. The maximum Gasteiger partial charge on any atom is 0.417 e. The summed E-state index contributed by atoms with van der Waals surface area (Å²) in [6.45, 7) is 17.2. The Balaban J connectivity index is 1.82. The van der Waals surface area contributed by atoms with Crippen molar-refractivity contribution in [2.24, 2.45) is 10.8 Å². The van der Waals surface area contributed by atoms with E-state index in [9.17, 15) is 23.5 Å². The summed E-state index contributed by atoms with van der Waals surface area (Å²) in [7, 11) is 0. The topological polar surface area (TPSA) is 84.6 Å². The van der Waals surface area contributed by atoms with E-state index in [-0.39, 0.29) is 28.4 Å². The molecule has 2 aliphatic heterocycles. The molecule has 1 fully saturated rings. The number of rotatable bonds is 6. The van der Waals surface area contributed by atoms with Crippen molar-refractivity contribution in [2.45, 2.75) is 110 Å². The molecule has 46 heavy (non-hydrogen) atoms. The van der Waals surface area contributed by atoms with Gasteiger partial charge in [0.1, 0.15) is 6.10 Å². The van der Waals surface area contributed by atoms with Gasteiger partial charge in [0, 0.05) is 36.0 Å². The Labute approximate surface area is 271 Å². The number of halogens is 3. The largest absolute Gasteiger partial charge is 0.417 e. The van der Waals surface area contributed by atoms with Gasteiger partial charge in [-0.3, -0.25) is 4.98 Å². The predicted molar refractivity (Wildman–Crippen MR) is 170 cm³/mol. The van der Waals surface area contributed by atoms with E-state index in [2.05, 4.69) is 48.5 Å². The van der Waals surface area contributed by atoms with Gasteiger partial charge >= 0.3 is 6.18 Å². The highest BCUT2D eigenvalue weighted by molar-refractivity contribution is 5.75. The molecular weight excluding hydrogens is 593 g/mol. The highest BCUT2D eigenvalue weighted by atomic mass is 19.4. The number of nitrogens with zero attached hydrogens (tertiary/aromatic N) is 2. The molecule has 2 atom stereocenters. The van der Waals surface area contributed by atoms with Crippen LogP contribution in [0.3, 0.4) is 0 Å². The number of hydrogen-bond donors (Lipinski definition) is 1. The molecule has 9 heteroatoms. The lowest BCUT2D eigenvalue weighted by molar-refractivity contribution is -0.145. The summed E-state index contributed by atoms with van der Waals surface area (Å²) >= 11 is 0.